The molecule has 15 heavy (non-hydrogen) atoms. The van der Waals surface area contributed by atoms with Gasteiger partial charge in [-0.1, -0.05) is 52.3 Å². The second-order valence-electron chi connectivity index (χ2n) is 3.93. The normalized spacial score (nSPS) is 13.1. The van der Waals surface area contributed by atoms with E-state index < -0.39 is 0 Å². The first-order valence-corrected chi connectivity index (χ1v) is 6.01. The first-order valence-electron chi connectivity index (χ1n) is 5.22. The van der Waals surface area contributed by atoms with Gasteiger partial charge >= 0.3 is 0 Å². The Morgan fingerprint density at radius 2 is 1.53 bits per heavy atom. The summed E-state index contributed by atoms with van der Waals surface area (Å²) in [5.41, 5.74) is 5.71. The van der Waals surface area contributed by atoms with Gasteiger partial charge in [0.05, 0.1) is 0 Å². The summed E-state index contributed by atoms with van der Waals surface area (Å²) >= 11 is 3.65. The van der Waals surface area contributed by atoms with Crippen LogP contribution in [0.3, 0.4) is 0 Å². The summed E-state index contributed by atoms with van der Waals surface area (Å²) in [6.45, 7) is 0. The minimum absolute atomic E-state index is 1.16. The third kappa shape index (κ3) is 1.42. The Hall–Kier alpha value is -1.08. The summed E-state index contributed by atoms with van der Waals surface area (Å²) in [7, 11) is 0. The Balaban J connectivity index is 2.33. The minimum Gasteiger partial charge on any atom is -0.0620 e. The zero-order valence-electron chi connectivity index (χ0n) is 8.33. The average Bonchev–Trinajstić information content (AvgIpc) is 2.29. The van der Waals surface area contributed by atoms with E-state index in [0.29, 0.717) is 0 Å². The minimum atomic E-state index is 1.16. The van der Waals surface area contributed by atoms with Crippen LogP contribution in [0.15, 0.2) is 46.9 Å². The van der Waals surface area contributed by atoms with Gasteiger partial charge in [-0.15, -0.1) is 0 Å². The van der Waals surface area contributed by atoms with Crippen molar-refractivity contribution in [3.63, 3.8) is 0 Å². The van der Waals surface area contributed by atoms with E-state index in [9.17, 15) is 0 Å². The maximum atomic E-state index is 3.65. The summed E-state index contributed by atoms with van der Waals surface area (Å²) in [5.74, 6) is 0. The highest BCUT2D eigenvalue weighted by atomic mass is 79.9. The molecule has 0 atom stereocenters. The third-order valence-corrected chi connectivity index (χ3v) is 3.71. The molecule has 0 spiro atoms. The zero-order chi connectivity index (χ0) is 10.3. The first-order chi connectivity index (χ1) is 7.36. The van der Waals surface area contributed by atoms with Crippen molar-refractivity contribution >= 4 is 15.9 Å². The van der Waals surface area contributed by atoms with Gasteiger partial charge in [-0.2, -0.15) is 0 Å². The number of halogens is 1. The van der Waals surface area contributed by atoms with Crippen LogP contribution >= 0.6 is 15.9 Å². The lowest BCUT2D eigenvalue weighted by atomic mass is 9.86. The molecule has 0 amide bonds. The van der Waals surface area contributed by atoms with Gasteiger partial charge in [0.1, 0.15) is 0 Å². The van der Waals surface area contributed by atoms with E-state index in [1.54, 1.807) is 0 Å². The highest BCUT2D eigenvalue weighted by Gasteiger charge is 2.16. The standard InChI is InChI=1S/C14H11Br/c15-13-7-3-5-11-9-8-10-4-1-2-6-12(10)14(11)13/h1-7H,8-9H2. The van der Waals surface area contributed by atoms with Crippen LogP contribution in [-0.4, -0.2) is 0 Å². The molecule has 74 valence electrons. The van der Waals surface area contributed by atoms with E-state index in [2.05, 4.69) is 58.4 Å². The van der Waals surface area contributed by atoms with Crippen LogP contribution in [0.4, 0.5) is 0 Å². The molecule has 1 heteroatoms. The van der Waals surface area contributed by atoms with Gasteiger partial charge in [-0.25, -0.2) is 0 Å². The molecule has 0 radical (unpaired) electrons. The van der Waals surface area contributed by atoms with Crippen molar-refractivity contribution in [2.45, 2.75) is 12.8 Å². The Kier molecular flexibility index (Phi) is 2.14. The highest BCUT2D eigenvalue weighted by Crippen LogP contribution is 2.38. The van der Waals surface area contributed by atoms with E-state index in [0.717, 1.165) is 6.42 Å². The number of benzene rings is 2. The molecule has 0 fully saturated rings. The van der Waals surface area contributed by atoms with Crippen molar-refractivity contribution in [2.24, 2.45) is 0 Å². The fraction of sp³-hybridized carbons (Fsp3) is 0.143. The number of rotatable bonds is 0. The molecule has 0 N–H and O–H groups in total. The van der Waals surface area contributed by atoms with Crippen LogP contribution in [0.25, 0.3) is 11.1 Å². The van der Waals surface area contributed by atoms with Crippen LogP contribution in [0, 0.1) is 0 Å². The van der Waals surface area contributed by atoms with Crippen LogP contribution in [0.1, 0.15) is 11.1 Å². The van der Waals surface area contributed by atoms with Crippen LogP contribution in [0.5, 0.6) is 0 Å². The Morgan fingerprint density at radius 3 is 2.47 bits per heavy atom. The molecule has 0 bridgehead atoms. The van der Waals surface area contributed by atoms with Crippen molar-refractivity contribution in [1.82, 2.24) is 0 Å². The smallest absolute Gasteiger partial charge is 0.0256 e. The third-order valence-electron chi connectivity index (χ3n) is 3.05. The fourth-order valence-electron chi connectivity index (χ4n) is 2.33. The van der Waals surface area contributed by atoms with Gasteiger partial charge in [-0.05, 0) is 41.2 Å². The number of fused-ring (bicyclic) bond motifs is 3. The summed E-state index contributed by atoms with van der Waals surface area (Å²) in [5, 5.41) is 0. The topological polar surface area (TPSA) is 0 Å². The lowest BCUT2D eigenvalue weighted by molar-refractivity contribution is 0.940. The lowest BCUT2D eigenvalue weighted by Crippen LogP contribution is -2.03. The van der Waals surface area contributed by atoms with Gasteiger partial charge in [0, 0.05) is 4.47 Å². The molecular weight excluding hydrogens is 248 g/mol. The SMILES string of the molecule is Brc1cccc2c1-c1ccccc1CC2. The second kappa shape index (κ2) is 3.49. The van der Waals surface area contributed by atoms with Crippen LogP contribution in [-0.2, 0) is 12.8 Å². The van der Waals surface area contributed by atoms with Crippen molar-refractivity contribution in [1.29, 1.82) is 0 Å². The molecule has 0 aliphatic heterocycles. The molecule has 1 aliphatic rings. The number of aryl methyl sites for hydroxylation is 2. The van der Waals surface area contributed by atoms with Gasteiger partial charge in [-0.3, -0.25) is 0 Å². The fourth-order valence-corrected chi connectivity index (χ4v) is 2.95. The van der Waals surface area contributed by atoms with Crippen molar-refractivity contribution in [3.05, 3.63) is 58.1 Å². The molecule has 0 heterocycles. The summed E-state index contributed by atoms with van der Waals surface area (Å²) in [6, 6.07) is 15.2. The molecule has 0 saturated heterocycles. The van der Waals surface area contributed by atoms with E-state index in [1.165, 1.54) is 33.1 Å². The molecule has 3 rings (SSSR count). The summed E-state index contributed by atoms with van der Waals surface area (Å²) in [4.78, 5) is 0. The maximum absolute atomic E-state index is 3.65. The molecule has 0 unspecified atom stereocenters. The van der Waals surface area contributed by atoms with E-state index >= 15 is 0 Å². The van der Waals surface area contributed by atoms with E-state index in [-0.39, 0.29) is 0 Å². The van der Waals surface area contributed by atoms with E-state index in [4.69, 9.17) is 0 Å². The first kappa shape index (κ1) is 9.17. The Bertz CT molecular complexity index is 514. The van der Waals surface area contributed by atoms with Crippen molar-refractivity contribution < 1.29 is 0 Å². The largest absolute Gasteiger partial charge is 0.0620 e. The number of hydrogen-bond donors (Lipinski definition) is 0. The highest BCUT2D eigenvalue weighted by molar-refractivity contribution is 9.10. The van der Waals surface area contributed by atoms with Gasteiger partial charge < -0.3 is 0 Å². The Morgan fingerprint density at radius 1 is 0.800 bits per heavy atom. The predicted octanol–water partition coefficient (Wildman–Crippen LogP) is 4.21. The van der Waals surface area contributed by atoms with Crippen LogP contribution < -0.4 is 0 Å². The predicted molar refractivity (Wildman–Crippen MR) is 67.0 cm³/mol. The monoisotopic (exact) mass is 258 g/mol. The van der Waals surface area contributed by atoms with Crippen molar-refractivity contribution in [2.75, 3.05) is 0 Å². The molecule has 2 aromatic rings. The average molecular weight is 259 g/mol. The molecule has 0 aromatic heterocycles. The maximum Gasteiger partial charge on any atom is 0.0256 e. The quantitative estimate of drug-likeness (QED) is 0.664. The zero-order valence-corrected chi connectivity index (χ0v) is 9.92. The van der Waals surface area contributed by atoms with Gasteiger partial charge in [0.25, 0.3) is 0 Å². The van der Waals surface area contributed by atoms with Crippen molar-refractivity contribution in [3.8, 4) is 11.1 Å². The lowest BCUT2D eigenvalue weighted by Gasteiger charge is -2.20. The molecule has 0 nitrogen and oxygen atoms in total. The van der Waals surface area contributed by atoms with E-state index in [1.807, 2.05) is 0 Å². The van der Waals surface area contributed by atoms with Gasteiger partial charge in [0.2, 0.25) is 0 Å². The molecule has 0 saturated carbocycles. The second-order valence-corrected chi connectivity index (χ2v) is 4.79. The Labute approximate surface area is 98.1 Å². The molecule has 1 aliphatic carbocycles. The number of hydrogen-bond acceptors (Lipinski definition) is 0. The van der Waals surface area contributed by atoms with Gasteiger partial charge in [0.15, 0.2) is 0 Å². The molecule has 2 aromatic carbocycles. The molecular formula is C14H11Br. The van der Waals surface area contributed by atoms with Crippen LogP contribution in [0.2, 0.25) is 0 Å². The summed E-state index contributed by atoms with van der Waals surface area (Å²) < 4.78 is 1.21. The summed E-state index contributed by atoms with van der Waals surface area (Å²) in [6.07, 6.45) is 2.32.